The van der Waals surface area contributed by atoms with Crippen LogP contribution in [0.25, 0.3) is 21.0 Å². The fourth-order valence-corrected chi connectivity index (χ4v) is 4.16. The average molecular weight is 350 g/mol. The zero-order valence-electron chi connectivity index (χ0n) is 12.9. The summed E-state index contributed by atoms with van der Waals surface area (Å²) in [5.74, 6) is -0.134. The molecule has 4 aromatic rings. The number of para-hydroxylation sites is 1. The molecule has 0 aliphatic heterocycles. The molecule has 0 unspecified atom stereocenters. The number of rotatable bonds is 3. The molecule has 0 aliphatic carbocycles. The molecular weight excluding hydrogens is 336 g/mol. The van der Waals surface area contributed by atoms with Gasteiger partial charge in [0.2, 0.25) is 0 Å². The smallest absolute Gasteiger partial charge is 0.257 e. The first-order valence-electron chi connectivity index (χ1n) is 7.48. The number of thioether (sulfide) groups is 1. The number of carbonyl (C=O) groups excluding carboxylic acids is 1. The van der Waals surface area contributed by atoms with Crippen LogP contribution in [0.2, 0.25) is 0 Å². The van der Waals surface area contributed by atoms with Crippen LogP contribution >= 0.6 is 23.1 Å². The van der Waals surface area contributed by atoms with Crippen LogP contribution < -0.4 is 5.32 Å². The number of nitrogens with zero attached hydrogens (tertiary/aromatic N) is 1. The third kappa shape index (κ3) is 2.77. The highest BCUT2D eigenvalue weighted by molar-refractivity contribution is 7.98. The van der Waals surface area contributed by atoms with Gasteiger partial charge in [-0.05, 0) is 41.3 Å². The molecule has 1 aromatic heterocycles. The number of hydrogen-bond donors (Lipinski definition) is 1. The normalized spacial score (nSPS) is 11.0. The minimum atomic E-state index is -0.134. The zero-order valence-corrected chi connectivity index (χ0v) is 14.6. The van der Waals surface area contributed by atoms with Gasteiger partial charge in [-0.2, -0.15) is 0 Å². The molecule has 3 nitrogen and oxygen atoms in total. The van der Waals surface area contributed by atoms with Crippen LogP contribution in [-0.2, 0) is 0 Å². The number of thiazole rings is 1. The number of carbonyl (C=O) groups is 1. The summed E-state index contributed by atoms with van der Waals surface area (Å²) in [5, 5.41) is 5.73. The first kappa shape index (κ1) is 15.2. The van der Waals surface area contributed by atoms with Crippen molar-refractivity contribution in [1.82, 2.24) is 4.98 Å². The molecule has 0 radical (unpaired) electrons. The predicted molar refractivity (Wildman–Crippen MR) is 103 cm³/mol. The molecular formula is C19H14N2OS2. The molecule has 1 amide bonds. The van der Waals surface area contributed by atoms with Gasteiger partial charge in [0.25, 0.3) is 5.91 Å². The van der Waals surface area contributed by atoms with Crippen LogP contribution in [0.1, 0.15) is 10.4 Å². The van der Waals surface area contributed by atoms with Gasteiger partial charge >= 0.3 is 0 Å². The maximum absolute atomic E-state index is 12.5. The molecule has 0 bridgehead atoms. The van der Waals surface area contributed by atoms with Gasteiger partial charge in [-0.1, -0.05) is 47.7 Å². The van der Waals surface area contributed by atoms with E-state index in [9.17, 15) is 4.79 Å². The van der Waals surface area contributed by atoms with Crippen LogP contribution in [0, 0.1) is 0 Å². The molecule has 1 N–H and O–H groups in total. The molecule has 0 saturated heterocycles. The maximum atomic E-state index is 12.5. The summed E-state index contributed by atoms with van der Waals surface area (Å²) < 4.78 is 1.08. The van der Waals surface area contributed by atoms with Crippen LogP contribution in [-0.4, -0.2) is 17.1 Å². The Morgan fingerprint density at radius 2 is 1.88 bits per heavy atom. The fraction of sp³-hybridized carbons (Fsp3) is 0.0526. The Bertz CT molecular complexity index is 1060. The molecule has 0 saturated carbocycles. The largest absolute Gasteiger partial charge is 0.298 e. The van der Waals surface area contributed by atoms with E-state index in [-0.39, 0.29) is 5.91 Å². The Kier molecular flexibility index (Phi) is 3.96. The molecule has 118 valence electrons. The topological polar surface area (TPSA) is 42.0 Å². The second-order valence-electron chi connectivity index (χ2n) is 5.34. The van der Waals surface area contributed by atoms with Gasteiger partial charge in [0.15, 0.2) is 5.13 Å². The molecule has 0 aliphatic rings. The molecule has 1 heterocycles. The number of benzene rings is 3. The van der Waals surface area contributed by atoms with Gasteiger partial charge < -0.3 is 0 Å². The zero-order chi connectivity index (χ0) is 16.5. The Balaban J connectivity index is 1.65. The van der Waals surface area contributed by atoms with E-state index in [1.807, 2.05) is 66.9 Å². The number of amides is 1. The van der Waals surface area contributed by atoms with E-state index in [1.54, 1.807) is 11.8 Å². The van der Waals surface area contributed by atoms with E-state index >= 15 is 0 Å². The van der Waals surface area contributed by atoms with Gasteiger partial charge in [0.1, 0.15) is 0 Å². The monoisotopic (exact) mass is 350 g/mol. The molecule has 24 heavy (non-hydrogen) atoms. The minimum Gasteiger partial charge on any atom is -0.298 e. The van der Waals surface area contributed by atoms with Crippen molar-refractivity contribution >= 4 is 55.1 Å². The summed E-state index contributed by atoms with van der Waals surface area (Å²) >= 11 is 3.16. The Morgan fingerprint density at radius 1 is 1.04 bits per heavy atom. The van der Waals surface area contributed by atoms with Gasteiger partial charge in [-0.25, -0.2) is 4.98 Å². The number of fused-ring (bicyclic) bond motifs is 2. The average Bonchev–Trinajstić information content (AvgIpc) is 3.03. The van der Waals surface area contributed by atoms with Crippen molar-refractivity contribution in [2.24, 2.45) is 0 Å². The first-order chi connectivity index (χ1) is 11.7. The van der Waals surface area contributed by atoms with E-state index < -0.39 is 0 Å². The fourth-order valence-electron chi connectivity index (χ4n) is 2.64. The minimum absolute atomic E-state index is 0.134. The Hall–Kier alpha value is -2.37. The summed E-state index contributed by atoms with van der Waals surface area (Å²) in [4.78, 5) is 18.2. The summed E-state index contributed by atoms with van der Waals surface area (Å²) in [6, 6.07) is 19.8. The van der Waals surface area contributed by atoms with Crippen molar-refractivity contribution < 1.29 is 4.79 Å². The van der Waals surface area contributed by atoms with Crippen molar-refractivity contribution in [3.63, 3.8) is 0 Å². The van der Waals surface area contributed by atoms with Crippen molar-refractivity contribution in [1.29, 1.82) is 0 Å². The highest BCUT2D eigenvalue weighted by Gasteiger charge is 2.12. The first-order valence-corrected chi connectivity index (χ1v) is 9.52. The van der Waals surface area contributed by atoms with E-state index in [0.29, 0.717) is 10.7 Å². The van der Waals surface area contributed by atoms with Crippen LogP contribution in [0.3, 0.4) is 0 Å². The molecule has 0 fully saturated rings. The van der Waals surface area contributed by atoms with Crippen LogP contribution in [0.15, 0.2) is 65.6 Å². The van der Waals surface area contributed by atoms with E-state index in [4.69, 9.17) is 0 Å². The van der Waals surface area contributed by atoms with Gasteiger partial charge in [0, 0.05) is 10.5 Å². The lowest BCUT2D eigenvalue weighted by atomic mass is 10.1. The van der Waals surface area contributed by atoms with Crippen LogP contribution in [0.4, 0.5) is 5.13 Å². The number of hydrogen-bond acceptors (Lipinski definition) is 4. The summed E-state index contributed by atoms with van der Waals surface area (Å²) in [6.07, 6.45) is 2.03. The highest BCUT2D eigenvalue weighted by Crippen LogP contribution is 2.32. The molecule has 3 aromatic carbocycles. The molecule has 4 rings (SSSR count). The van der Waals surface area contributed by atoms with E-state index in [1.165, 1.54) is 11.3 Å². The standard InChI is InChI=1S/C19H14N2OS2/c1-23-15-7-4-8-16-17(15)20-19(24-16)21-18(22)14-10-9-12-5-2-3-6-13(12)11-14/h2-11H,1H3,(H,20,21,22). The summed E-state index contributed by atoms with van der Waals surface area (Å²) in [5.41, 5.74) is 1.59. The van der Waals surface area contributed by atoms with E-state index in [2.05, 4.69) is 10.3 Å². The van der Waals surface area contributed by atoms with Gasteiger partial charge in [0.05, 0.1) is 10.2 Å². The van der Waals surface area contributed by atoms with Crippen molar-refractivity contribution in [2.45, 2.75) is 4.90 Å². The quantitative estimate of drug-likeness (QED) is 0.501. The highest BCUT2D eigenvalue weighted by atomic mass is 32.2. The van der Waals surface area contributed by atoms with Gasteiger partial charge in [-0.15, -0.1) is 11.8 Å². The Morgan fingerprint density at radius 3 is 2.71 bits per heavy atom. The maximum Gasteiger partial charge on any atom is 0.257 e. The van der Waals surface area contributed by atoms with Gasteiger partial charge in [-0.3, -0.25) is 10.1 Å². The lowest BCUT2D eigenvalue weighted by Crippen LogP contribution is -2.11. The SMILES string of the molecule is CSc1cccc2sc(NC(=O)c3ccc4ccccc4c3)nc12. The third-order valence-corrected chi connectivity index (χ3v) is 5.54. The molecule has 0 spiro atoms. The van der Waals surface area contributed by atoms with E-state index in [0.717, 1.165) is 25.9 Å². The second-order valence-corrected chi connectivity index (χ2v) is 7.22. The van der Waals surface area contributed by atoms with Crippen molar-refractivity contribution in [2.75, 3.05) is 11.6 Å². The Labute approximate surface area is 147 Å². The third-order valence-electron chi connectivity index (χ3n) is 3.83. The summed E-state index contributed by atoms with van der Waals surface area (Å²) in [7, 11) is 0. The molecule has 5 heteroatoms. The van der Waals surface area contributed by atoms with Crippen LogP contribution in [0.5, 0.6) is 0 Å². The van der Waals surface area contributed by atoms with Crippen molar-refractivity contribution in [3.8, 4) is 0 Å². The lowest BCUT2D eigenvalue weighted by Gasteiger charge is -2.03. The second kappa shape index (κ2) is 6.26. The summed E-state index contributed by atoms with van der Waals surface area (Å²) in [6.45, 7) is 0. The lowest BCUT2D eigenvalue weighted by molar-refractivity contribution is 0.102. The number of nitrogens with one attached hydrogen (secondary N) is 1. The predicted octanol–water partition coefficient (Wildman–Crippen LogP) is 5.42. The number of aromatic nitrogens is 1. The molecule has 0 atom stereocenters. The van der Waals surface area contributed by atoms with Crippen molar-refractivity contribution in [3.05, 3.63) is 66.2 Å². The number of anilines is 1.